The Kier molecular flexibility index (Phi) is 3.57. The van der Waals surface area contributed by atoms with Gasteiger partial charge in [0.1, 0.15) is 11.3 Å². The fraction of sp³-hybridized carbons (Fsp3) is 0.125. The number of nitrogens with two attached hydrogens (primary N) is 1. The van der Waals surface area contributed by atoms with E-state index in [1.54, 1.807) is 30.3 Å². The van der Waals surface area contributed by atoms with Gasteiger partial charge in [0.2, 0.25) is 0 Å². The molecule has 1 aromatic heterocycles. The number of ether oxygens (including phenoxy) is 1. The van der Waals surface area contributed by atoms with Crippen LogP contribution in [0.5, 0.6) is 5.75 Å². The molecule has 3 nitrogen and oxygen atoms in total. The summed E-state index contributed by atoms with van der Waals surface area (Å²) in [5.41, 5.74) is 7.40. The molecule has 1 heterocycles. The first-order valence-corrected chi connectivity index (χ1v) is 6.75. The van der Waals surface area contributed by atoms with Gasteiger partial charge in [-0.15, -0.1) is 0 Å². The third-order valence-corrected chi connectivity index (χ3v) is 3.70. The summed E-state index contributed by atoms with van der Waals surface area (Å²) < 4.78 is 24.4. The highest BCUT2D eigenvalue weighted by molar-refractivity contribution is 6.35. The lowest BCUT2D eigenvalue weighted by atomic mass is 10.0. The molecule has 1 unspecified atom stereocenters. The fourth-order valence-electron chi connectivity index (χ4n) is 2.24. The number of hydrogen-bond acceptors (Lipinski definition) is 3. The topological polar surface area (TPSA) is 48.4 Å². The van der Waals surface area contributed by atoms with E-state index in [1.807, 2.05) is 6.07 Å². The third-order valence-electron chi connectivity index (χ3n) is 3.37. The van der Waals surface area contributed by atoms with Crippen LogP contribution in [0.2, 0.25) is 5.02 Å². The highest BCUT2D eigenvalue weighted by atomic mass is 35.5. The Hall–Kier alpha value is -2.04. The van der Waals surface area contributed by atoms with Gasteiger partial charge in [0.25, 0.3) is 0 Å². The smallest absolute Gasteiger partial charge is 0.165 e. The van der Waals surface area contributed by atoms with Crippen molar-refractivity contribution in [2.24, 2.45) is 5.73 Å². The Morgan fingerprint density at radius 1 is 1.24 bits per heavy atom. The largest absolute Gasteiger partial charge is 0.494 e. The lowest BCUT2D eigenvalue weighted by molar-refractivity contribution is 0.386. The van der Waals surface area contributed by atoms with E-state index in [2.05, 4.69) is 0 Å². The van der Waals surface area contributed by atoms with Gasteiger partial charge in [-0.25, -0.2) is 4.39 Å². The van der Waals surface area contributed by atoms with Crippen molar-refractivity contribution in [1.29, 1.82) is 0 Å². The Bertz CT molecular complexity index is 800. The first-order valence-electron chi connectivity index (χ1n) is 6.37. The van der Waals surface area contributed by atoms with Crippen LogP contribution in [0.1, 0.15) is 17.4 Å². The van der Waals surface area contributed by atoms with Crippen molar-refractivity contribution in [2.75, 3.05) is 7.11 Å². The van der Waals surface area contributed by atoms with Gasteiger partial charge in [0, 0.05) is 5.39 Å². The van der Waals surface area contributed by atoms with Gasteiger partial charge in [-0.1, -0.05) is 23.7 Å². The minimum Gasteiger partial charge on any atom is -0.494 e. The number of methoxy groups -OCH3 is 1. The zero-order valence-corrected chi connectivity index (χ0v) is 12.0. The van der Waals surface area contributed by atoms with Crippen molar-refractivity contribution in [2.45, 2.75) is 6.04 Å². The van der Waals surface area contributed by atoms with Crippen LogP contribution in [0.4, 0.5) is 4.39 Å². The highest BCUT2D eigenvalue weighted by Gasteiger charge is 2.17. The Morgan fingerprint density at radius 2 is 2.05 bits per heavy atom. The summed E-state index contributed by atoms with van der Waals surface area (Å²) in [6.07, 6.45) is 0. The molecule has 0 bridgehead atoms. The van der Waals surface area contributed by atoms with Crippen molar-refractivity contribution >= 4 is 22.6 Å². The fourth-order valence-corrected chi connectivity index (χ4v) is 2.46. The van der Waals surface area contributed by atoms with Gasteiger partial charge < -0.3 is 14.9 Å². The van der Waals surface area contributed by atoms with E-state index < -0.39 is 11.9 Å². The van der Waals surface area contributed by atoms with E-state index in [9.17, 15) is 4.39 Å². The molecule has 0 aliphatic carbocycles. The normalized spacial score (nSPS) is 12.6. The van der Waals surface area contributed by atoms with Crippen LogP contribution in [-0.4, -0.2) is 7.11 Å². The summed E-state index contributed by atoms with van der Waals surface area (Å²) >= 11 is 6.11. The standard InChI is InChI=1S/C16H13ClFNO2/c1-20-14-6-5-9(7-12(14)18)16(19)15-8-10-11(17)3-2-4-13(10)21-15/h2-8,16H,19H2,1H3. The predicted molar refractivity (Wildman–Crippen MR) is 80.2 cm³/mol. The maximum atomic E-state index is 13.8. The van der Waals surface area contributed by atoms with E-state index in [0.717, 1.165) is 5.39 Å². The van der Waals surface area contributed by atoms with E-state index in [-0.39, 0.29) is 5.75 Å². The monoisotopic (exact) mass is 305 g/mol. The second-order valence-corrected chi connectivity index (χ2v) is 5.08. The molecule has 0 aliphatic heterocycles. The van der Waals surface area contributed by atoms with Gasteiger partial charge in [0.15, 0.2) is 11.6 Å². The maximum absolute atomic E-state index is 13.8. The highest BCUT2D eigenvalue weighted by Crippen LogP contribution is 2.31. The maximum Gasteiger partial charge on any atom is 0.165 e. The lowest BCUT2D eigenvalue weighted by Gasteiger charge is -2.10. The molecule has 3 rings (SSSR count). The van der Waals surface area contributed by atoms with Gasteiger partial charge in [-0.2, -0.15) is 0 Å². The second kappa shape index (κ2) is 5.39. The molecule has 3 aromatic rings. The summed E-state index contributed by atoms with van der Waals surface area (Å²) in [5.74, 6) is 0.251. The van der Waals surface area contributed by atoms with E-state index in [1.165, 1.54) is 13.2 Å². The zero-order valence-electron chi connectivity index (χ0n) is 11.3. The number of hydrogen-bond donors (Lipinski definition) is 1. The number of furan rings is 1. The van der Waals surface area contributed by atoms with E-state index in [4.69, 9.17) is 26.5 Å². The summed E-state index contributed by atoms with van der Waals surface area (Å²) in [5, 5.41) is 1.38. The van der Waals surface area contributed by atoms with Crippen molar-refractivity contribution in [3.8, 4) is 5.75 Å². The molecule has 108 valence electrons. The van der Waals surface area contributed by atoms with Gasteiger partial charge in [0.05, 0.1) is 18.2 Å². The summed E-state index contributed by atoms with van der Waals surface area (Å²) in [7, 11) is 1.42. The SMILES string of the molecule is COc1ccc(C(N)c2cc3c(Cl)cccc3o2)cc1F. The predicted octanol–water partition coefficient (Wildman–Crippen LogP) is 4.28. The Morgan fingerprint density at radius 3 is 2.71 bits per heavy atom. The summed E-state index contributed by atoms with van der Waals surface area (Å²) in [6, 6.07) is 11.2. The van der Waals surface area contributed by atoms with Crippen molar-refractivity contribution in [1.82, 2.24) is 0 Å². The van der Waals surface area contributed by atoms with Crippen LogP contribution in [-0.2, 0) is 0 Å². The van der Waals surface area contributed by atoms with Crippen LogP contribution in [0.15, 0.2) is 46.9 Å². The van der Waals surface area contributed by atoms with E-state index in [0.29, 0.717) is 21.9 Å². The molecule has 0 saturated heterocycles. The lowest BCUT2D eigenvalue weighted by Crippen LogP contribution is -2.11. The van der Waals surface area contributed by atoms with Crippen LogP contribution in [0.25, 0.3) is 11.0 Å². The Labute approximate surface area is 126 Å². The van der Waals surface area contributed by atoms with Crippen LogP contribution < -0.4 is 10.5 Å². The molecule has 0 fully saturated rings. The van der Waals surface area contributed by atoms with Crippen LogP contribution in [0.3, 0.4) is 0 Å². The molecular formula is C16H13ClFNO2. The molecule has 1 atom stereocenters. The second-order valence-electron chi connectivity index (χ2n) is 4.67. The third kappa shape index (κ3) is 2.48. The van der Waals surface area contributed by atoms with Crippen LogP contribution >= 0.6 is 11.6 Å². The number of fused-ring (bicyclic) bond motifs is 1. The number of halogens is 2. The van der Waals surface area contributed by atoms with Gasteiger partial charge in [-0.05, 0) is 35.9 Å². The average molecular weight is 306 g/mol. The van der Waals surface area contributed by atoms with Crippen molar-refractivity contribution < 1.29 is 13.5 Å². The van der Waals surface area contributed by atoms with Crippen molar-refractivity contribution in [3.05, 3.63) is 64.6 Å². The molecule has 0 saturated carbocycles. The first kappa shape index (κ1) is 13.9. The molecular weight excluding hydrogens is 293 g/mol. The molecule has 2 N–H and O–H groups in total. The molecule has 21 heavy (non-hydrogen) atoms. The summed E-state index contributed by atoms with van der Waals surface area (Å²) in [4.78, 5) is 0. The number of rotatable bonds is 3. The van der Waals surface area contributed by atoms with Crippen molar-refractivity contribution in [3.63, 3.8) is 0 Å². The van der Waals surface area contributed by atoms with Crippen LogP contribution in [0, 0.1) is 5.82 Å². The average Bonchev–Trinajstić information content (AvgIpc) is 2.92. The Balaban J connectivity index is 2.01. The molecule has 5 heteroatoms. The molecule has 2 aromatic carbocycles. The molecule has 0 spiro atoms. The minimum atomic E-state index is -0.575. The van der Waals surface area contributed by atoms with E-state index >= 15 is 0 Å². The molecule has 0 aliphatic rings. The number of benzene rings is 2. The molecule has 0 amide bonds. The zero-order chi connectivity index (χ0) is 15.0. The molecule has 0 radical (unpaired) electrons. The minimum absolute atomic E-state index is 0.179. The summed E-state index contributed by atoms with van der Waals surface area (Å²) in [6.45, 7) is 0. The van der Waals surface area contributed by atoms with Gasteiger partial charge >= 0.3 is 0 Å². The quantitative estimate of drug-likeness (QED) is 0.785. The van der Waals surface area contributed by atoms with Gasteiger partial charge in [-0.3, -0.25) is 0 Å². The first-order chi connectivity index (χ1) is 10.1.